The van der Waals surface area contributed by atoms with Crippen LogP contribution in [0, 0.1) is 13.8 Å². The van der Waals surface area contributed by atoms with Gasteiger partial charge in [-0.25, -0.2) is 0 Å². The fourth-order valence-electron chi connectivity index (χ4n) is 2.24. The Morgan fingerprint density at radius 2 is 1.79 bits per heavy atom. The fourth-order valence-corrected chi connectivity index (χ4v) is 2.24. The summed E-state index contributed by atoms with van der Waals surface area (Å²) in [5.41, 5.74) is 2.83. The van der Waals surface area contributed by atoms with Gasteiger partial charge in [0.25, 0.3) is 0 Å². The molecule has 1 rings (SSSR count). The largest absolute Gasteiger partial charge is 0.496 e. The van der Waals surface area contributed by atoms with Crippen molar-refractivity contribution in [2.24, 2.45) is 0 Å². The molecule has 0 aliphatic rings. The number of aryl methyl sites for hydroxylation is 2. The quantitative estimate of drug-likeness (QED) is 0.707. The van der Waals surface area contributed by atoms with Gasteiger partial charge in [-0.2, -0.15) is 0 Å². The van der Waals surface area contributed by atoms with Crippen molar-refractivity contribution in [2.45, 2.75) is 34.1 Å². The summed E-state index contributed by atoms with van der Waals surface area (Å²) in [7, 11) is 1.66. The molecule has 0 N–H and O–H groups in total. The molecule has 0 heterocycles. The Bertz CT molecular complexity index is 437. The van der Waals surface area contributed by atoms with Gasteiger partial charge in [0.1, 0.15) is 5.75 Å². The van der Waals surface area contributed by atoms with Crippen molar-refractivity contribution in [1.82, 2.24) is 4.90 Å². The maximum absolute atomic E-state index is 12.3. The minimum atomic E-state index is 0.218. The molecule has 0 aromatic heterocycles. The average molecular weight is 263 g/mol. The molecule has 0 bridgehead atoms. The molecular weight excluding hydrogens is 238 g/mol. The van der Waals surface area contributed by atoms with Gasteiger partial charge in [-0.1, -0.05) is 13.8 Å². The lowest BCUT2D eigenvalue weighted by Crippen LogP contribution is -2.25. The number of hydrogen-bond acceptors (Lipinski definition) is 3. The number of carbonyl (C=O) groups is 1. The van der Waals surface area contributed by atoms with Crippen LogP contribution < -0.4 is 4.74 Å². The molecule has 0 amide bonds. The van der Waals surface area contributed by atoms with Gasteiger partial charge in [0, 0.05) is 18.5 Å². The number of ether oxygens (including phenoxy) is 1. The van der Waals surface area contributed by atoms with Crippen LogP contribution in [0.15, 0.2) is 12.1 Å². The van der Waals surface area contributed by atoms with E-state index >= 15 is 0 Å². The van der Waals surface area contributed by atoms with Crippen LogP contribution in [0.2, 0.25) is 0 Å². The fraction of sp³-hybridized carbons (Fsp3) is 0.562. The third-order valence-corrected chi connectivity index (χ3v) is 3.59. The van der Waals surface area contributed by atoms with E-state index in [1.807, 2.05) is 26.0 Å². The molecule has 0 unspecified atom stereocenters. The van der Waals surface area contributed by atoms with Gasteiger partial charge in [-0.05, 0) is 50.2 Å². The number of nitrogens with zero attached hydrogens (tertiary/aromatic N) is 1. The molecule has 106 valence electrons. The molecule has 0 spiro atoms. The van der Waals surface area contributed by atoms with Gasteiger partial charge in [0.15, 0.2) is 5.78 Å². The lowest BCUT2D eigenvalue weighted by atomic mass is 9.99. The van der Waals surface area contributed by atoms with Crippen LogP contribution in [-0.2, 0) is 0 Å². The van der Waals surface area contributed by atoms with Crippen LogP contribution >= 0.6 is 0 Å². The predicted octanol–water partition coefficient (Wildman–Crippen LogP) is 3.23. The highest BCUT2D eigenvalue weighted by atomic mass is 16.5. The number of rotatable bonds is 7. The van der Waals surface area contributed by atoms with Crippen molar-refractivity contribution in [3.05, 3.63) is 28.8 Å². The zero-order chi connectivity index (χ0) is 14.4. The normalized spacial score (nSPS) is 10.8. The monoisotopic (exact) mass is 263 g/mol. The molecule has 0 radical (unpaired) electrons. The summed E-state index contributed by atoms with van der Waals surface area (Å²) < 4.78 is 5.27. The summed E-state index contributed by atoms with van der Waals surface area (Å²) in [6.45, 7) is 11.0. The van der Waals surface area contributed by atoms with Crippen molar-refractivity contribution in [3.63, 3.8) is 0 Å². The Labute approximate surface area is 116 Å². The molecule has 0 atom stereocenters. The zero-order valence-electron chi connectivity index (χ0n) is 12.7. The topological polar surface area (TPSA) is 29.5 Å². The molecule has 0 fully saturated rings. The Balaban J connectivity index is 2.80. The Morgan fingerprint density at radius 3 is 2.32 bits per heavy atom. The average Bonchev–Trinajstić information content (AvgIpc) is 2.41. The minimum absolute atomic E-state index is 0.218. The van der Waals surface area contributed by atoms with Crippen molar-refractivity contribution in [1.29, 1.82) is 0 Å². The molecule has 1 aromatic carbocycles. The van der Waals surface area contributed by atoms with Crippen molar-refractivity contribution in [3.8, 4) is 5.75 Å². The third kappa shape index (κ3) is 4.06. The highest BCUT2D eigenvalue weighted by molar-refractivity contribution is 5.98. The molecule has 1 aromatic rings. The number of ketones is 1. The molecule has 19 heavy (non-hydrogen) atoms. The Morgan fingerprint density at radius 1 is 1.16 bits per heavy atom. The van der Waals surface area contributed by atoms with Gasteiger partial charge in [-0.3, -0.25) is 4.79 Å². The van der Waals surface area contributed by atoms with E-state index in [0.29, 0.717) is 6.42 Å². The highest BCUT2D eigenvalue weighted by Crippen LogP contribution is 2.23. The number of carbonyl (C=O) groups excluding carboxylic acids is 1. The van der Waals surface area contributed by atoms with Gasteiger partial charge in [0.2, 0.25) is 0 Å². The maximum Gasteiger partial charge on any atom is 0.164 e. The SMILES string of the molecule is CCN(CC)CCC(=O)c1cc(C)c(OC)cc1C. The Kier molecular flexibility index (Phi) is 6.03. The smallest absolute Gasteiger partial charge is 0.164 e. The van der Waals surface area contributed by atoms with Crippen LogP contribution in [0.4, 0.5) is 0 Å². The van der Waals surface area contributed by atoms with Gasteiger partial charge in [0.05, 0.1) is 7.11 Å². The maximum atomic E-state index is 12.3. The predicted molar refractivity (Wildman–Crippen MR) is 79.2 cm³/mol. The van der Waals surface area contributed by atoms with E-state index in [9.17, 15) is 4.79 Å². The Hall–Kier alpha value is -1.35. The summed E-state index contributed by atoms with van der Waals surface area (Å²) in [6.07, 6.45) is 0.578. The zero-order valence-corrected chi connectivity index (χ0v) is 12.7. The summed E-state index contributed by atoms with van der Waals surface area (Å²) in [4.78, 5) is 14.6. The second-order valence-electron chi connectivity index (χ2n) is 4.84. The van der Waals surface area contributed by atoms with E-state index in [2.05, 4.69) is 18.7 Å². The van der Waals surface area contributed by atoms with Crippen LogP contribution in [-0.4, -0.2) is 37.4 Å². The molecule has 0 aliphatic heterocycles. The van der Waals surface area contributed by atoms with E-state index in [4.69, 9.17) is 4.74 Å². The van der Waals surface area contributed by atoms with E-state index in [1.165, 1.54) is 0 Å². The first-order valence-corrected chi connectivity index (χ1v) is 6.94. The summed E-state index contributed by atoms with van der Waals surface area (Å²) in [5.74, 6) is 1.06. The number of hydrogen-bond donors (Lipinski definition) is 0. The van der Waals surface area contributed by atoms with Gasteiger partial charge >= 0.3 is 0 Å². The molecular formula is C16H25NO2. The summed E-state index contributed by atoms with van der Waals surface area (Å²) >= 11 is 0. The van der Waals surface area contributed by atoms with Crippen molar-refractivity contribution < 1.29 is 9.53 Å². The summed E-state index contributed by atoms with van der Waals surface area (Å²) in [6, 6.07) is 3.89. The van der Waals surface area contributed by atoms with Crippen LogP contribution in [0.3, 0.4) is 0 Å². The van der Waals surface area contributed by atoms with Crippen LogP contribution in [0.1, 0.15) is 41.8 Å². The number of Topliss-reactive ketones (excluding diaryl/α,β-unsaturated/α-hetero) is 1. The molecule has 3 nitrogen and oxygen atoms in total. The molecule has 0 aliphatic carbocycles. The van der Waals surface area contributed by atoms with E-state index in [0.717, 1.165) is 42.1 Å². The van der Waals surface area contributed by atoms with Gasteiger partial charge in [-0.15, -0.1) is 0 Å². The van der Waals surface area contributed by atoms with Crippen LogP contribution in [0.5, 0.6) is 5.75 Å². The lowest BCUT2D eigenvalue weighted by Gasteiger charge is -2.17. The second kappa shape index (κ2) is 7.29. The molecule has 0 saturated carbocycles. The van der Waals surface area contributed by atoms with Gasteiger partial charge < -0.3 is 9.64 Å². The first-order valence-electron chi connectivity index (χ1n) is 6.94. The first kappa shape index (κ1) is 15.7. The lowest BCUT2D eigenvalue weighted by molar-refractivity contribution is 0.0966. The van der Waals surface area contributed by atoms with E-state index in [-0.39, 0.29) is 5.78 Å². The highest BCUT2D eigenvalue weighted by Gasteiger charge is 2.13. The molecule has 0 saturated heterocycles. The van der Waals surface area contributed by atoms with E-state index in [1.54, 1.807) is 7.11 Å². The third-order valence-electron chi connectivity index (χ3n) is 3.59. The number of methoxy groups -OCH3 is 1. The molecule has 3 heteroatoms. The number of benzene rings is 1. The standard InChI is InChI=1S/C16H25NO2/c1-6-17(7-2)9-8-15(18)14-10-13(4)16(19-5)11-12(14)3/h10-11H,6-9H2,1-5H3. The van der Waals surface area contributed by atoms with E-state index < -0.39 is 0 Å². The minimum Gasteiger partial charge on any atom is -0.496 e. The van der Waals surface area contributed by atoms with Crippen molar-refractivity contribution >= 4 is 5.78 Å². The second-order valence-corrected chi connectivity index (χ2v) is 4.84. The van der Waals surface area contributed by atoms with Crippen molar-refractivity contribution in [2.75, 3.05) is 26.7 Å². The van der Waals surface area contributed by atoms with Crippen LogP contribution in [0.25, 0.3) is 0 Å². The first-order chi connectivity index (χ1) is 9.03. The summed E-state index contributed by atoms with van der Waals surface area (Å²) in [5, 5.41) is 0.